The van der Waals surface area contributed by atoms with E-state index in [1.54, 1.807) is 12.1 Å². The number of halogens is 1. The van der Waals surface area contributed by atoms with Crippen molar-refractivity contribution >= 4 is 23.5 Å². The molecule has 4 nitrogen and oxygen atoms in total. The van der Waals surface area contributed by atoms with Crippen LogP contribution in [0.25, 0.3) is 0 Å². The number of nitrogens with zero attached hydrogens (tertiary/aromatic N) is 1. The van der Waals surface area contributed by atoms with Crippen LogP contribution >= 0.6 is 11.6 Å². The first kappa shape index (κ1) is 17.8. The zero-order valence-corrected chi connectivity index (χ0v) is 14.3. The summed E-state index contributed by atoms with van der Waals surface area (Å²) in [7, 11) is 1.38. The monoisotopic (exact) mass is 337 g/mol. The van der Waals surface area contributed by atoms with Gasteiger partial charge in [-0.2, -0.15) is 0 Å². The Morgan fingerprint density at radius 2 is 1.83 bits per heavy atom. The molecule has 1 aromatic carbocycles. The average Bonchev–Trinajstić information content (AvgIpc) is 2.58. The number of esters is 1. The number of methoxy groups -OCH3 is 1. The molecular weight excluding hydrogens is 314 g/mol. The summed E-state index contributed by atoms with van der Waals surface area (Å²) in [6.07, 6.45) is 6.16. The molecule has 0 radical (unpaired) electrons. The number of benzene rings is 1. The Bertz CT molecular complexity index is 524. The lowest BCUT2D eigenvalue weighted by molar-refractivity contribution is -0.142. The van der Waals surface area contributed by atoms with Crippen molar-refractivity contribution in [2.24, 2.45) is 0 Å². The van der Waals surface area contributed by atoms with Crippen LogP contribution in [0.4, 0.5) is 0 Å². The van der Waals surface area contributed by atoms with Gasteiger partial charge in [0.05, 0.1) is 20.0 Å². The smallest absolute Gasteiger partial charge is 0.307 e. The molecule has 0 heterocycles. The maximum Gasteiger partial charge on any atom is 0.307 e. The number of carbonyl (C=O) groups excluding carboxylic acids is 2. The third-order valence-corrected chi connectivity index (χ3v) is 4.64. The largest absolute Gasteiger partial charge is 0.469 e. The van der Waals surface area contributed by atoms with Crippen molar-refractivity contribution in [3.8, 4) is 0 Å². The first-order valence-corrected chi connectivity index (χ1v) is 8.58. The van der Waals surface area contributed by atoms with Gasteiger partial charge in [-0.05, 0) is 30.5 Å². The highest BCUT2D eigenvalue weighted by atomic mass is 35.5. The highest BCUT2D eigenvalue weighted by Crippen LogP contribution is 2.24. The molecule has 2 rings (SSSR count). The lowest BCUT2D eigenvalue weighted by Gasteiger charge is -2.34. The molecule has 1 aliphatic carbocycles. The summed E-state index contributed by atoms with van der Waals surface area (Å²) in [5, 5.41) is 0.663. The van der Waals surface area contributed by atoms with E-state index >= 15 is 0 Å². The molecule has 0 aliphatic heterocycles. The van der Waals surface area contributed by atoms with E-state index in [4.69, 9.17) is 16.3 Å². The van der Waals surface area contributed by atoms with Crippen LogP contribution in [0.1, 0.15) is 44.1 Å². The normalized spacial score (nSPS) is 15.2. The molecule has 0 unspecified atom stereocenters. The number of amides is 1. The van der Waals surface area contributed by atoms with Crippen LogP contribution in [0.3, 0.4) is 0 Å². The van der Waals surface area contributed by atoms with Gasteiger partial charge in [0.2, 0.25) is 5.91 Å². The maximum absolute atomic E-state index is 12.7. The first-order chi connectivity index (χ1) is 11.1. The lowest BCUT2D eigenvalue weighted by Crippen LogP contribution is -2.43. The minimum Gasteiger partial charge on any atom is -0.469 e. The summed E-state index contributed by atoms with van der Waals surface area (Å²) in [5.41, 5.74) is 0.943. The van der Waals surface area contributed by atoms with E-state index in [1.165, 1.54) is 13.5 Å². The summed E-state index contributed by atoms with van der Waals surface area (Å²) in [6.45, 7) is 0.434. The summed E-state index contributed by atoms with van der Waals surface area (Å²) < 4.78 is 4.71. The summed E-state index contributed by atoms with van der Waals surface area (Å²) in [5.74, 6) is -0.201. The first-order valence-electron chi connectivity index (χ1n) is 8.21. The minimum atomic E-state index is -0.273. The molecule has 0 bridgehead atoms. The topological polar surface area (TPSA) is 46.6 Å². The van der Waals surface area contributed by atoms with Gasteiger partial charge in [0.1, 0.15) is 0 Å². The van der Waals surface area contributed by atoms with Crippen LogP contribution < -0.4 is 0 Å². The quantitative estimate of drug-likeness (QED) is 0.745. The van der Waals surface area contributed by atoms with Gasteiger partial charge in [-0.1, -0.05) is 43.0 Å². The molecule has 23 heavy (non-hydrogen) atoms. The zero-order chi connectivity index (χ0) is 16.7. The molecule has 1 aliphatic rings. The van der Waals surface area contributed by atoms with Crippen LogP contribution in [-0.4, -0.2) is 36.5 Å². The Hall–Kier alpha value is -1.55. The number of hydrogen-bond acceptors (Lipinski definition) is 3. The number of rotatable bonds is 6. The molecule has 0 N–H and O–H groups in total. The fourth-order valence-electron chi connectivity index (χ4n) is 3.10. The third kappa shape index (κ3) is 5.54. The SMILES string of the molecule is COC(=O)CCN(C(=O)Cc1ccc(Cl)cc1)C1CCCCC1. The summed E-state index contributed by atoms with van der Waals surface area (Å²) in [6, 6.07) is 7.58. The summed E-state index contributed by atoms with van der Waals surface area (Å²) >= 11 is 5.89. The van der Waals surface area contributed by atoms with Gasteiger partial charge in [0, 0.05) is 17.6 Å². The minimum absolute atomic E-state index is 0.0723. The molecule has 1 saturated carbocycles. The van der Waals surface area contributed by atoms with Crippen LogP contribution in [-0.2, 0) is 20.7 Å². The molecule has 0 aromatic heterocycles. The molecular formula is C18H24ClNO3. The second-order valence-electron chi connectivity index (χ2n) is 6.01. The lowest BCUT2D eigenvalue weighted by atomic mass is 9.93. The molecule has 1 aromatic rings. The van der Waals surface area contributed by atoms with E-state index in [2.05, 4.69) is 0 Å². The van der Waals surface area contributed by atoms with Gasteiger partial charge in [-0.25, -0.2) is 0 Å². The van der Waals surface area contributed by atoms with Crippen molar-refractivity contribution < 1.29 is 14.3 Å². The Balaban J connectivity index is 2.02. The maximum atomic E-state index is 12.7. The van der Waals surface area contributed by atoms with E-state index in [9.17, 15) is 9.59 Å². The van der Waals surface area contributed by atoms with E-state index in [0.29, 0.717) is 18.0 Å². The van der Waals surface area contributed by atoms with Crippen molar-refractivity contribution in [1.29, 1.82) is 0 Å². The van der Waals surface area contributed by atoms with Gasteiger partial charge in [-0.3, -0.25) is 9.59 Å². The van der Waals surface area contributed by atoms with Crippen molar-refractivity contribution in [3.05, 3.63) is 34.9 Å². The van der Waals surface area contributed by atoms with Gasteiger partial charge in [0.25, 0.3) is 0 Å². The Morgan fingerprint density at radius 3 is 2.43 bits per heavy atom. The molecule has 126 valence electrons. The van der Waals surface area contributed by atoms with Crippen molar-refractivity contribution in [2.45, 2.75) is 51.0 Å². The van der Waals surface area contributed by atoms with E-state index in [0.717, 1.165) is 31.2 Å². The molecule has 5 heteroatoms. The Kier molecular flexibility index (Phi) is 6.90. The van der Waals surface area contributed by atoms with Gasteiger partial charge < -0.3 is 9.64 Å². The van der Waals surface area contributed by atoms with Crippen LogP contribution in [0, 0.1) is 0 Å². The van der Waals surface area contributed by atoms with Gasteiger partial charge in [0.15, 0.2) is 0 Å². The predicted molar refractivity (Wildman–Crippen MR) is 90.4 cm³/mol. The predicted octanol–water partition coefficient (Wildman–Crippen LogP) is 3.61. The summed E-state index contributed by atoms with van der Waals surface area (Å²) in [4.78, 5) is 26.1. The molecule has 0 spiro atoms. The Labute approximate surface area is 142 Å². The van der Waals surface area contributed by atoms with Crippen LogP contribution in [0.2, 0.25) is 5.02 Å². The number of ether oxygens (including phenoxy) is 1. The fourth-order valence-corrected chi connectivity index (χ4v) is 3.22. The van der Waals surface area contributed by atoms with E-state index in [1.807, 2.05) is 17.0 Å². The van der Waals surface area contributed by atoms with E-state index < -0.39 is 0 Å². The second-order valence-corrected chi connectivity index (χ2v) is 6.44. The molecule has 1 fully saturated rings. The van der Waals surface area contributed by atoms with Crippen LogP contribution in [0.5, 0.6) is 0 Å². The van der Waals surface area contributed by atoms with Crippen LogP contribution in [0.15, 0.2) is 24.3 Å². The highest BCUT2D eigenvalue weighted by Gasteiger charge is 2.25. The molecule has 1 amide bonds. The number of hydrogen-bond donors (Lipinski definition) is 0. The highest BCUT2D eigenvalue weighted by molar-refractivity contribution is 6.30. The molecule has 0 saturated heterocycles. The zero-order valence-electron chi connectivity index (χ0n) is 13.6. The van der Waals surface area contributed by atoms with Crippen molar-refractivity contribution in [1.82, 2.24) is 4.90 Å². The Morgan fingerprint density at radius 1 is 1.17 bits per heavy atom. The van der Waals surface area contributed by atoms with Gasteiger partial charge >= 0.3 is 5.97 Å². The van der Waals surface area contributed by atoms with Gasteiger partial charge in [-0.15, -0.1) is 0 Å². The number of carbonyl (C=O) groups is 2. The molecule has 0 atom stereocenters. The van der Waals surface area contributed by atoms with Crippen molar-refractivity contribution in [3.63, 3.8) is 0 Å². The van der Waals surface area contributed by atoms with Crippen molar-refractivity contribution in [2.75, 3.05) is 13.7 Å². The second kappa shape index (κ2) is 8.92. The van der Waals surface area contributed by atoms with E-state index in [-0.39, 0.29) is 24.3 Å². The fraction of sp³-hybridized carbons (Fsp3) is 0.556. The third-order valence-electron chi connectivity index (χ3n) is 4.39. The average molecular weight is 338 g/mol. The standard InChI is InChI=1S/C18H24ClNO3/c1-23-18(22)11-12-20(16-5-3-2-4-6-16)17(21)13-14-7-9-15(19)10-8-14/h7-10,16H,2-6,11-13H2,1H3.